The predicted octanol–water partition coefficient (Wildman–Crippen LogP) is 1.41. The summed E-state index contributed by atoms with van der Waals surface area (Å²) in [4.78, 5) is 6.63. The topological polar surface area (TPSA) is 27.6 Å². The lowest BCUT2D eigenvalue weighted by atomic mass is 10.3. The van der Waals surface area contributed by atoms with Gasteiger partial charge in [-0.2, -0.15) is 0 Å². The minimum absolute atomic E-state index is 0.666. The van der Waals surface area contributed by atoms with Gasteiger partial charge in [-0.05, 0) is 33.5 Å². The quantitative estimate of drug-likeness (QED) is 0.703. The van der Waals surface area contributed by atoms with Crippen molar-refractivity contribution in [3.63, 3.8) is 0 Å². The third-order valence-corrected chi connectivity index (χ3v) is 3.16. The van der Waals surface area contributed by atoms with Crippen LogP contribution in [0.2, 0.25) is 0 Å². The molecule has 0 aromatic heterocycles. The van der Waals surface area contributed by atoms with E-state index in [2.05, 4.69) is 36.2 Å². The molecule has 1 rings (SSSR count). The minimum atomic E-state index is 0.666. The van der Waals surface area contributed by atoms with Gasteiger partial charge >= 0.3 is 0 Å². The first-order chi connectivity index (χ1) is 6.68. The van der Waals surface area contributed by atoms with Crippen LogP contribution in [0.15, 0.2) is 4.99 Å². The Hall–Kier alpha value is -0.220. The van der Waals surface area contributed by atoms with Crippen LogP contribution < -0.4 is 5.32 Å². The molecule has 0 saturated heterocycles. The molecule has 0 spiro atoms. The normalized spacial score (nSPS) is 21.4. The van der Waals surface area contributed by atoms with E-state index in [0.717, 1.165) is 18.3 Å². The fraction of sp³-hybridized carbons (Fsp3) is 0.900. The monoisotopic (exact) mass is 215 g/mol. The zero-order valence-corrected chi connectivity index (χ0v) is 10.2. The maximum absolute atomic E-state index is 4.41. The molecule has 1 aliphatic rings. The molecule has 0 aromatic carbocycles. The van der Waals surface area contributed by atoms with E-state index in [1.54, 1.807) is 0 Å². The average molecular weight is 215 g/mol. The Balaban J connectivity index is 1.94. The second-order valence-electron chi connectivity index (χ2n) is 4.01. The second kappa shape index (κ2) is 6.30. The summed E-state index contributed by atoms with van der Waals surface area (Å²) in [6.45, 7) is 5.43. The highest BCUT2D eigenvalue weighted by Crippen LogP contribution is 2.18. The smallest absolute Gasteiger partial charge is 0.156 e. The lowest BCUT2D eigenvalue weighted by molar-refractivity contribution is 0.394. The third kappa shape index (κ3) is 4.86. The maximum atomic E-state index is 4.41. The Morgan fingerprint density at radius 2 is 2.29 bits per heavy atom. The number of amidine groups is 1. The van der Waals surface area contributed by atoms with E-state index in [9.17, 15) is 0 Å². The number of nitrogens with one attached hydrogen (secondary N) is 1. The lowest BCUT2D eigenvalue weighted by Gasteiger charge is -2.09. The second-order valence-corrected chi connectivity index (χ2v) is 5.44. The first-order valence-electron chi connectivity index (χ1n) is 5.28. The standard InChI is InChI=1S/C10H21N3S/c1-9-8-12-10(14-9)11-6-4-5-7-13(2)3/h9H,4-8H2,1-3H3,(H,11,12). The Labute approximate surface area is 91.3 Å². The first kappa shape index (κ1) is 11.9. The molecule has 0 fully saturated rings. The van der Waals surface area contributed by atoms with Gasteiger partial charge in [-0.15, -0.1) is 0 Å². The Morgan fingerprint density at radius 3 is 2.86 bits per heavy atom. The zero-order chi connectivity index (χ0) is 10.4. The van der Waals surface area contributed by atoms with E-state index in [-0.39, 0.29) is 0 Å². The van der Waals surface area contributed by atoms with Crippen LogP contribution in [0.5, 0.6) is 0 Å². The summed E-state index contributed by atoms with van der Waals surface area (Å²) in [6, 6.07) is 0. The average Bonchev–Trinajstić information content (AvgIpc) is 2.50. The molecular formula is C10H21N3S. The Morgan fingerprint density at radius 1 is 1.50 bits per heavy atom. The van der Waals surface area contributed by atoms with E-state index in [1.807, 2.05) is 11.8 Å². The minimum Gasteiger partial charge on any atom is -0.365 e. The number of hydrogen-bond acceptors (Lipinski definition) is 4. The van der Waals surface area contributed by atoms with Crippen molar-refractivity contribution in [1.82, 2.24) is 10.2 Å². The molecule has 4 heteroatoms. The van der Waals surface area contributed by atoms with Gasteiger partial charge in [0.05, 0.1) is 6.54 Å². The van der Waals surface area contributed by atoms with Crippen molar-refractivity contribution in [2.75, 3.05) is 33.7 Å². The van der Waals surface area contributed by atoms with Gasteiger partial charge in [0, 0.05) is 11.8 Å². The van der Waals surface area contributed by atoms with Crippen LogP contribution in [0.25, 0.3) is 0 Å². The largest absolute Gasteiger partial charge is 0.365 e. The SMILES string of the molecule is CC1CN=C(NCCCCN(C)C)S1. The van der Waals surface area contributed by atoms with Gasteiger partial charge in [0.2, 0.25) is 0 Å². The summed E-state index contributed by atoms with van der Waals surface area (Å²) >= 11 is 1.86. The van der Waals surface area contributed by atoms with Gasteiger partial charge in [0.25, 0.3) is 0 Å². The molecule has 1 aliphatic heterocycles. The van der Waals surface area contributed by atoms with Crippen LogP contribution in [0.4, 0.5) is 0 Å². The Bertz CT molecular complexity index is 192. The van der Waals surface area contributed by atoms with Crippen LogP contribution in [-0.4, -0.2) is 49.0 Å². The van der Waals surface area contributed by atoms with E-state index in [1.165, 1.54) is 19.4 Å². The van der Waals surface area contributed by atoms with Crippen LogP contribution in [0.1, 0.15) is 19.8 Å². The van der Waals surface area contributed by atoms with Gasteiger partial charge < -0.3 is 10.2 Å². The fourth-order valence-electron chi connectivity index (χ4n) is 1.32. The van der Waals surface area contributed by atoms with E-state index >= 15 is 0 Å². The van der Waals surface area contributed by atoms with Crippen molar-refractivity contribution in [3.8, 4) is 0 Å². The van der Waals surface area contributed by atoms with Gasteiger partial charge in [0.1, 0.15) is 0 Å². The van der Waals surface area contributed by atoms with Crippen molar-refractivity contribution >= 4 is 16.9 Å². The molecular weight excluding hydrogens is 194 g/mol. The molecule has 1 N–H and O–H groups in total. The summed E-state index contributed by atoms with van der Waals surface area (Å²) in [6.07, 6.45) is 2.49. The first-order valence-corrected chi connectivity index (χ1v) is 6.16. The van der Waals surface area contributed by atoms with E-state index in [4.69, 9.17) is 0 Å². The van der Waals surface area contributed by atoms with Crippen molar-refractivity contribution in [1.29, 1.82) is 0 Å². The van der Waals surface area contributed by atoms with Crippen molar-refractivity contribution in [2.45, 2.75) is 25.0 Å². The van der Waals surface area contributed by atoms with Gasteiger partial charge in [-0.25, -0.2) is 0 Å². The molecule has 0 radical (unpaired) electrons. The van der Waals surface area contributed by atoms with Crippen LogP contribution in [0, 0.1) is 0 Å². The number of thioether (sulfide) groups is 1. The van der Waals surface area contributed by atoms with Gasteiger partial charge in [-0.3, -0.25) is 4.99 Å². The summed E-state index contributed by atoms with van der Waals surface area (Å²) < 4.78 is 0. The lowest BCUT2D eigenvalue weighted by Crippen LogP contribution is -2.22. The third-order valence-electron chi connectivity index (χ3n) is 2.11. The summed E-state index contributed by atoms with van der Waals surface area (Å²) in [5.41, 5.74) is 0. The molecule has 1 atom stereocenters. The molecule has 82 valence electrons. The van der Waals surface area contributed by atoms with Gasteiger partial charge in [0.15, 0.2) is 5.17 Å². The molecule has 0 amide bonds. The summed E-state index contributed by atoms with van der Waals surface area (Å²) in [7, 11) is 4.23. The Kier molecular flexibility index (Phi) is 5.33. The molecule has 0 aromatic rings. The highest BCUT2D eigenvalue weighted by molar-refractivity contribution is 8.14. The molecule has 1 heterocycles. The van der Waals surface area contributed by atoms with Crippen molar-refractivity contribution in [2.24, 2.45) is 4.99 Å². The zero-order valence-electron chi connectivity index (χ0n) is 9.42. The summed E-state index contributed by atoms with van der Waals surface area (Å²) in [5.74, 6) is 0. The van der Waals surface area contributed by atoms with E-state index in [0.29, 0.717) is 5.25 Å². The van der Waals surface area contributed by atoms with Crippen LogP contribution >= 0.6 is 11.8 Å². The number of unbranched alkanes of at least 4 members (excludes halogenated alkanes) is 1. The molecule has 3 nitrogen and oxygen atoms in total. The number of nitrogens with zero attached hydrogens (tertiary/aromatic N) is 2. The fourth-order valence-corrected chi connectivity index (χ4v) is 2.19. The predicted molar refractivity (Wildman–Crippen MR) is 65.1 cm³/mol. The molecule has 14 heavy (non-hydrogen) atoms. The van der Waals surface area contributed by atoms with Gasteiger partial charge in [-0.1, -0.05) is 18.7 Å². The highest BCUT2D eigenvalue weighted by atomic mass is 32.2. The molecule has 0 aliphatic carbocycles. The number of aliphatic imine (C=N–C) groups is 1. The maximum Gasteiger partial charge on any atom is 0.156 e. The molecule has 0 saturated carbocycles. The molecule has 0 bridgehead atoms. The van der Waals surface area contributed by atoms with Crippen molar-refractivity contribution < 1.29 is 0 Å². The number of hydrogen-bond donors (Lipinski definition) is 1. The number of rotatable bonds is 5. The van der Waals surface area contributed by atoms with Crippen LogP contribution in [0.3, 0.4) is 0 Å². The highest BCUT2D eigenvalue weighted by Gasteiger charge is 2.13. The van der Waals surface area contributed by atoms with Crippen LogP contribution in [-0.2, 0) is 0 Å². The van der Waals surface area contributed by atoms with Crippen molar-refractivity contribution in [3.05, 3.63) is 0 Å². The molecule has 1 unspecified atom stereocenters. The van der Waals surface area contributed by atoms with E-state index < -0.39 is 0 Å². The summed E-state index contributed by atoms with van der Waals surface area (Å²) in [5, 5.41) is 5.19.